The summed E-state index contributed by atoms with van der Waals surface area (Å²) >= 11 is 2.82. The van der Waals surface area contributed by atoms with Crippen LogP contribution in [0.25, 0.3) is 0 Å². The molecule has 1 aromatic carbocycles. The Labute approximate surface area is 86.0 Å². The van der Waals surface area contributed by atoms with Crippen LogP contribution in [0.4, 0.5) is 17.6 Å². The molecule has 6 heteroatoms. The minimum absolute atomic E-state index is 0.0160. The molecule has 0 bridgehead atoms. The van der Waals surface area contributed by atoms with Crippen molar-refractivity contribution in [3.63, 3.8) is 0 Å². The topological polar surface area (TPSA) is 26.0 Å². The third-order valence-electron chi connectivity index (χ3n) is 1.65. The van der Waals surface area contributed by atoms with Crippen molar-refractivity contribution >= 4 is 15.9 Å². The molecule has 1 aromatic rings. The summed E-state index contributed by atoms with van der Waals surface area (Å²) in [6.45, 7) is 0. The third-order valence-corrected chi connectivity index (χ3v) is 2.34. The van der Waals surface area contributed by atoms with Gasteiger partial charge in [-0.05, 0) is 17.7 Å². The average molecular weight is 272 g/mol. The quantitative estimate of drug-likeness (QED) is 0.781. The van der Waals surface area contributed by atoms with Crippen LogP contribution < -0.4 is 5.73 Å². The van der Waals surface area contributed by atoms with Gasteiger partial charge in [0.1, 0.15) is 11.9 Å². The van der Waals surface area contributed by atoms with Crippen LogP contribution in [0.5, 0.6) is 0 Å². The molecule has 0 unspecified atom stereocenters. The van der Waals surface area contributed by atoms with E-state index < -0.39 is 18.0 Å². The van der Waals surface area contributed by atoms with Crippen molar-refractivity contribution in [1.29, 1.82) is 0 Å². The van der Waals surface area contributed by atoms with Crippen LogP contribution in [0.2, 0.25) is 0 Å². The summed E-state index contributed by atoms with van der Waals surface area (Å²) in [5, 5.41) is 0. The van der Waals surface area contributed by atoms with E-state index in [0.717, 1.165) is 18.2 Å². The van der Waals surface area contributed by atoms with Gasteiger partial charge in [-0.1, -0.05) is 22.0 Å². The lowest BCUT2D eigenvalue weighted by molar-refractivity contribution is -0.149. The first-order valence-corrected chi connectivity index (χ1v) is 4.39. The Morgan fingerprint density at radius 3 is 2.29 bits per heavy atom. The molecule has 0 aliphatic carbocycles. The van der Waals surface area contributed by atoms with Gasteiger partial charge in [-0.15, -0.1) is 0 Å². The number of hydrogen-bond acceptors (Lipinski definition) is 1. The zero-order valence-corrected chi connectivity index (χ0v) is 8.36. The lowest BCUT2D eigenvalue weighted by Gasteiger charge is -2.17. The largest absolute Gasteiger partial charge is 0.407 e. The molecule has 0 saturated carbocycles. The van der Waals surface area contributed by atoms with Crippen LogP contribution in [0.15, 0.2) is 22.7 Å². The van der Waals surface area contributed by atoms with E-state index in [9.17, 15) is 17.6 Å². The van der Waals surface area contributed by atoms with Gasteiger partial charge in [0, 0.05) is 4.47 Å². The van der Waals surface area contributed by atoms with E-state index in [1.165, 1.54) is 0 Å². The highest BCUT2D eigenvalue weighted by atomic mass is 79.9. The van der Waals surface area contributed by atoms with Gasteiger partial charge in [0.15, 0.2) is 0 Å². The molecule has 0 amide bonds. The molecular weight excluding hydrogens is 266 g/mol. The highest BCUT2D eigenvalue weighted by Gasteiger charge is 2.38. The minimum Gasteiger partial charge on any atom is -0.316 e. The second-order valence-electron chi connectivity index (χ2n) is 2.69. The molecule has 78 valence electrons. The second kappa shape index (κ2) is 3.86. The number of benzene rings is 1. The molecule has 0 aromatic heterocycles. The molecule has 1 rings (SSSR count). The number of alkyl halides is 3. The van der Waals surface area contributed by atoms with Crippen LogP contribution in [0.1, 0.15) is 11.6 Å². The fourth-order valence-corrected chi connectivity index (χ4v) is 1.53. The number of hydrogen-bond donors (Lipinski definition) is 1. The normalized spacial score (nSPS) is 14.1. The number of rotatable bonds is 1. The summed E-state index contributed by atoms with van der Waals surface area (Å²) < 4.78 is 49.1. The first-order valence-electron chi connectivity index (χ1n) is 3.59. The summed E-state index contributed by atoms with van der Waals surface area (Å²) in [7, 11) is 0. The van der Waals surface area contributed by atoms with Gasteiger partial charge in [-0.25, -0.2) is 4.39 Å². The Kier molecular flexibility index (Phi) is 3.16. The molecular formula is C8H6BrF4N. The lowest BCUT2D eigenvalue weighted by atomic mass is 10.1. The van der Waals surface area contributed by atoms with Gasteiger partial charge in [0.25, 0.3) is 0 Å². The van der Waals surface area contributed by atoms with Gasteiger partial charge in [-0.3, -0.25) is 0 Å². The fourth-order valence-electron chi connectivity index (χ4n) is 0.930. The second-order valence-corrected chi connectivity index (χ2v) is 3.54. The first-order chi connectivity index (χ1) is 6.32. The van der Waals surface area contributed by atoms with Crippen LogP contribution in [-0.4, -0.2) is 6.18 Å². The average Bonchev–Trinajstić information content (AvgIpc) is 2.01. The number of nitrogens with two attached hydrogens (primary N) is 1. The van der Waals surface area contributed by atoms with Crippen molar-refractivity contribution in [2.45, 2.75) is 12.2 Å². The molecule has 0 heterocycles. The maximum atomic E-state index is 12.6. The monoisotopic (exact) mass is 271 g/mol. The fraction of sp³-hybridized carbons (Fsp3) is 0.250. The van der Waals surface area contributed by atoms with Crippen molar-refractivity contribution in [2.24, 2.45) is 5.73 Å². The van der Waals surface area contributed by atoms with Crippen molar-refractivity contribution in [1.82, 2.24) is 0 Å². The summed E-state index contributed by atoms with van der Waals surface area (Å²) in [5.41, 5.74) is 4.76. The molecule has 0 aliphatic heterocycles. The zero-order chi connectivity index (χ0) is 10.9. The van der Waals surface area contributed by atoms with E-state index in [2.05, 4.69) is 15.9 Å². The standard InChI is InChI=1S/C8H6BrF4N/c9-6-3-4(10)1-2-5(6)7(14)8(11,12)13/h1-3,7H,14H2/t7-/m0/s1. The van der Waals surface area contributed by atoms with E-state index in [4.69, 9.17) is 5.73 Å². The molecule has 1 nitrogen and oxygen atoms in total. The molecule has 0 aliphatic rings. The van der Waals surface area contributed by atoms with Gasteiger partial charge in [-0.2, -0.15) is 13.2 Å². The minimum atomic E-state index is -4.53. The van der Waals surface area contributed by atoms with Crippen molar-refractivity contribution in [2.75, 3.05) is 0 Å². The molecule has 0 fully saturated rings. The van der Waals surface area contributed by atoms with Gasteiger partial charge in [0.2, 0.25) is 0 Å². The Morgan fingerprint density at radius 1 is 1.29 bits per heavy atom. The van der Waals surface area contributed by atoms with Crippen LogP contribution in [-0.2, 0) is 0 Å². The van der Waals surface area contributed by atoms with Crippen LogP contribution in [0, 0.1) is 5.82 Å². The summed E-state index contributed by atoms with van der Waals surface area (Å²) in [6, 6.07) is 0.793. The lowest BCUT2D eigenvalue weighted by Crippen LogP contribution is -2.28. The smallest absolute Gasteiger partial charge is 0.316 e. The Morgan fingerprint density at radius 2 is 1.86 bits per heavy atom. The van der Waals surface area contributed by atoms with Gasteiger partial charge in [0.05, 0.1) is 0 Å². The van der Waals surface area contributed by atoms with Crippen LogP contribution in [0.3, 0.4) is 0 Å². The maximum absolute atomic E-state index is 12.6. The van der Waals surface area contributed by atoms with Crippen molar-refractivity contribution < 1.29 is 17.6 Å². The number of halogens is 5. The SMILES string of the molecule is N[C@@H](c1ccc(F)cc1Br)C(F)(F)F. The Hall–Kier alpha value is -0.620. The zero-order valence-electron chi connectivity index (χ0n) is 6.78. The Bertz CT molecular complexity index is 337. The molecule has 0 spiro atoms. The predicted octanol–water partition coefficient (Wildman–Crippen LogP) is 3.15. The first kappa shape index (κ1) is 11.5. The Balaban J connectivity index is 3.08. The van der Waals surface area contributed by atoms with Crippen molar-refractivity contribution in [3.05, 3.63) is 34.1 Å². The summed E-state index contributed by atoms with van der Waals surface area (Å²) in [4.78, 5) is 0. The summed E-state index contributed by atoms with van der Waals surface area (Å²) in [5.74, 6) is -0.616. The van der Waals surface area contributed by atoms with E-state index in [1.807, 2.05) is 0 Å². The van der Waals surface area contributed by atoms with E-state index in [1.54, 1.807) is 0 Å². The van der Waals surface area contributed by atoms with Gasteiger partial charge >= 0.3 is 6.18 Å². The van der Waals surface area contributed by atoms with E-state index >= 15 is 0 Å². The maximum Gasteiger partial charge on any atom is 0.407 e. The molecule has 0 saturated heterocycles. The molecule has 0 radical (unpaired) electrons. The van der Waals surface area contributed by atoms with Crippen molar-refractivity contribution in [3.8, 4) is 0 Å². The molecule has 1 atom stereocenters. The van der Waals surface area contributed by atoms with E-state index in [-0.39, 0.29) is 10.0 Å². The van der Waals surface area contributed by atoms with Gasteiger partial charge < -0.3 is 5.73 Å². The van der Waals surface area contributed by atoms with Crippen LogP contribution >= 0.6 is 15.9 Å². The highest BCUT2D eigenvalue weighted by molar-refractivity contribution is 9.10. The summed E-state index contributed by atoms with van der Waals surface area (Å²) in [6.07, 6.45) is -4.53. The van der Waals surface area contributed by atoms with E-state index in [0.29, 0.717) is 0 Å². The molecule has 14 heavy (non-hydrogen) atoms. The highest BCUT2D eigenvalue weighted by Crippen LogP contribution is 2.34. The predicted molar refractivity (Wildman–Crippen MR) is 47.1 cm³/mol. The molecule has 2 N–H and O–H groups in total. The third kappa shape index (κ3) is 2.45.